The normalized spacial score (nSPS) is 14.6. The zero-order chi connectivity index (χ0) is 20.1. The Morgan fingerprint density at radius 2 is 1.69 bits per heavy atom. The number of likely N-dealkylation sites (N-methyl/N-ethyl adjacent to an activating group) is 1. The number of hydrogen-bond donors (Lipinski definition) is 1. The molecule has 2 aromatic carbocycles. The highest BCUT2D eigenvalue weighted by atomic mass is 15.3. The van der Waals surface area contributed by atoms with E-state index in [1.54, 1.807) is 6.20 Å². The number of anilines is 5. The van der Waals surface area contributed by atoms with Gasteiger partial charge in [0.15, 0.2) is 5.82 Å². The summed E-state index contributed by atoms with van der Waals surface area (Å²) in [5.41, 5.74) is 3.29. The van der Waals surface area contributed by atoms with Gasteiger partial charge in [0, 0.05) is 49.8 Å². The van der Waals surface area contributed by atoms with Gasteiger partial charge in [0.1, 0.15) is 0 Å². The molecule has 0 aliphatic carbocycles. The standard InChI is InChI=1S/C22H27N7/c1-3-29(20-7-5-4-6-8-20)22-25-21(17-23-26-22)24-18-9-11-19(12-10-18)28-15-13-27(2)14-16-28/h4-12,17H,3,13-16H2,1-2H3,(H,24,25,26). The maximum absolute atomic E-state index is 4.66. The van der Waals surface area contributed by atoms with Crippen molar-refractivity contribution in [1.29, 1.82) is 0 Å². The fourth-order valence-electron chi connectivity index (χ4n) is 3.48. The number of piperazine rings is 1. The van der Waals surface area contributed by atoms with Crippen LogP contribution in [-0.4, -0.2) is 59.9 Å². The smallest absolute Gasteiger partial charge is 0.251 e. The molecule has 2 heterocycles. The summed E-state index contributed by atoms with van der Waals surface area (Å²) in [5, 5.41) is 11.7. The van der Waals surface area contributed by atoms with Gasteiger partial charge in [-0.05, 0) is 50.4 Å². The maximum Gasteiger partial charge on any atom is 0.251 e. The summed E-state index contributed by atoms with van der Waals surface area (Å²) in [6, 6.07) is 18.6. The summed E-state index contributed by atoms with van der Waals surface area (Å²) >= 11 is 0. The third kappa shape index (κ3) is 4.63. The van der Waals surface area contributed by atoms with E-state index in [1.165, 1.54) is 5.69 Å². The Kier molecular flexibility index (Phi) is 5.86. The second kappa shape index (κ2) is 8.87. The van der Waals surface area contributed by atoms with Crippen molar-refractivity contribution in [3.05, 3.63) is 60.8 Å². The molecule has 1 saturated heterocycles. The molecule has 150 valence electrons. The van der Waals surface area contributed by atoms with Crippen LogP contribution < -0.4 is 15.1 Å². The molecule has 1 aromatic heterocycles. The van der Waals surface area contributed by atoms with Crippen molar-refractivity contribution in [2.24, 2.45) is 0 Å². The molecule has 0 saturated carbocycles. The van der Waals surface area contributed by atoms with Gasteiger partial charge in [0.25, 0.3) is 5.95 Å². The molecule has 1 aliphatic rings. The fraction of sp³-hybridized carbons (Fsp3) is 0.318. The first kappa shape index (κ1) is 19.1. The van der Waals surface area contributed by atoms with Gasteiger partial charge in [0.2, 0.25) is 0 Å². The average molecular weight is 390 g/mol. The van der Waals surface area contributed by atoms with Gasteiger partial charge in [-0.2, -0.15) is 10.1 Å². The van der Waals surface area contributed by atoms with E-state index in [-0.39, 0.29) is 0 Å². The molecule has 1 aliphatic heterocycles. The van der Waals surface area contributed by atoms with Crippen LogP contribution in [0.2, 0.25) is 0 Å². The predicted octanol–water partition coefficient (Wildman–Crippen LogP) is 3.53. The number of benzene rings is 2. The van der Waals surface area contributed by atoms with Gasteiger partial charge >= 0.3 is 0 Å². The zero-order valence-electron chi connectivity index (χ0n) is 17.0. The second-order valence-corrected chi connectivity index (χ2v) is 7.18. The lowest BCUT2D eigenvalue weighted by molar-refractivity contribution is 0.313. The van der Waals surface area contributed by atoms with Crippen LogP contribution >= 0.6 is 0 Å². The SMILES string of the molecule is CCN(c1ccccc1)c1nncc(Nc2ccc(N3CCN(C)CC3)cc2)n1. The van der Waals surface area contributed by atoms with Gasteiger partial charge in [-0.15, -0.1) is 5.10 Å². The molecule has 0 spiro atoms. The molecular formula is C22H27N7. The monoisotopic (exact) mass is 389 g/mol. The van der Waals surface area contributed by atoms with Crippen molar-refractivity contribution in [1.82, 2.24) is 20.1 Å². The van der Waals surface area contributed by atoms with E-state index in [9.17, 15) is 0 Å². The van der Waals surface area contributed by atoms with Crippen LogP contribution in [0.4, 0.5) is 28.8 Å². The van der Waals surface area contributed by atoms with Crippen LogP contribution in [0.15, 0.2) is 60.8 Å². The highest BCUT2D eigenvalue weighted by Crippen LogP contribution is 2.24. The number of aromatic nitrogens is 3. The summed E-state index contributed by atoms with van der Waals surface area (Å²) < 4.78 is 0. The van der Waals surface area contributed by atoms with E-state index in [0.29, 0.717) is 11.8 Å². The number of hydrogen-bond acceptors (Lipinski definition) is 7. The van der Waals surface area contributed by atoms with E-state index >= 15 is 0 Å². The Morgan fingerprint density at radius 1 is 0.966 bits per heavy atom. The van der Waals surface area contributed by atoms with Crippen LogP contribution in [0.1, 0.15) is 6.92 Å². The molecule has 0 atom stereocenters. The van der Waals surface area contributed by atoms with E-state index in [2.05, 4.69) is 68.5 Å². The number of nitrogens with zero attached hydrogens (tertiary/aromatic N) is 6. The molecule has 7 heteroatoms. The molecule has 0 bridgehead atoms. The number of para-hydroxylation sites is 1. The zero-order valence-corrected chi connectivity index (χ0v) is 17.0. The minimum Gasteiger partial charge on any atom is -0.369 e. The summed E-state index contributed by atoms with van der Waals surface area (Å²) in [7, 11) is 2.17. The highest BCUT2D eigenvalue weighted by molar-refractivity contribution is 5.62. The minimum absolute atomic E-state index is 0.581. The van der Waals surface area contributed by atoms with Crippen LogP contribution in [-0.2, 0) is 0 Å². The first-order valence-corrected chi connectivity index (χ1v) is 10.1. The van der Waals surface area contributed by atoms with Crippen molar-refractivity contribution in [2.45, 2.75) is 6.92 Å². The van der Waals surface area contributed by atoms with Gasteiger partial charge in [-0.25, -0.2) is 0 Å². The van der Waals surface area contributed by atoms with E-state index in [0.717, 1.165) is 44.1 Å². The van der Waals surface area contributed by atoms with Crippen molar-refractivity contribution < 1.29 is 0 Å². The van der Waals surface area contributed by atoms with Gasteiger partial charge in [0.05, 0.1) is 6.20 Å². The quantitative estimate of drug-likeness (QED) is 0.692. The summed E-state index contributed by atoms with van der Waals surface area (Å²) in [5.74, 6) is 1.26. The van der Waals surface area contributed by atoms with E-state index < -0.39 is 0 Å². The lowest BCUT2D eigenvalue weighted by Crippen LogP contribution is -2.44. The van der Waals surface area contributed by atoms with Crippen molar-refractivity contribution in [3.8, 4) is 0 Å². The molecule has 0 radical (unpaired) electrons. The summed E-state index contributed by atoms with van der Waals surface area (Å²) in [6.07, 6.45) is 1.65. The number of nitrogens with one attached hydrogen (secondary N) is 1. The first-order chi connectivity index (χ1) is 14.2. The molecule has 1 N–H and O–H groups in total. The lowest BCUT2D eigenvalue weighted by atomic mass is 10.2. The largest absolute Gasteiger partial charge is 0.369 e. The Labute approximate surface area is 172 Å². The Hall–Kier alpha value is -3.19. The minimum atomic E-state index is 0.581. The van der Waals surface area contributed by atoms with Crippen LogP contribution in [0.5, 0.6) is 0 Å². The Morgan fingerprint density at radius 3 is 2.38 bits per heavy atom. The van der Waals surface area contributed by atoms with Crippen LogP contribution in [0.25, 0.3) is 0 Å². The van der Waals surface area contributed by atoms with Crippen LogP contribution in [0, 0.1) is 0 Å². The maximum atomic E-state index is 4.66. The first-order valence-electron chi connectivity index (χ1n) is 10.1. The Bertz CT molecular complexity index is 906. The third-order valence-electron chi connectivity index (χ3n) is 5.18. The average Bonchev–Trinajstić information content (AvgIpc) is 2.77. The molecule has 7 nitrogen and oxygen atoms in total. The van der Waals surface area contributed by atoms with Gasteiger partial charge in [-0.3, -0.25) is 0 Å². The van der Waals surface area contributed by atoms with Crippen LogP contribution in [0.3, 0.4) is 0 Å². The Balaban J connectivity index is 1.46. The molecule has 4 rings (SSSR count). The van der Waals surface area contributed by atoms with Crippen molar-refractivity contribution in [2.75, 3.05) is 54.9 Å². The molecule has 29 heavy (non-hydrogen) atoms. The molecule has 0 amide bonds. The lowest BCUT2D eigenvalue weighted by Gasteiger charge is -2.34. The molecule has 3 aromatic rings. The molecular weight excluding hydrogens is 362 g/mol. The highest BCUT2D eigenvalue weighted by Gasteiger charge is 2.14. The van der Waals surface area contributed by atoms with E-state index in [1.807, 2.05) is 35.2 Å². The van der Waals surface area contributed by atoms with Gasteiger partial charge in [-0.1, -0.05) is 18.2 Å². The summed E-state index contributed by atoms with van der Waals surface area (Å²) in [4.78, 5) is 11.5. The molecule has 0 unspecified atom stereocenters. The topological polar surface area (TPSA) is 60.4 Å². The van der Waals surface area contributed by atoms with Crippen molar-refractivity contribution >= 4 is 28.8 Å². The van der Waals surface area contributed by atoms with Crippen molar-refractivity contribution in [3.63, 3.8) is 0 Å². The van der Waals surface area contributed by atoms with E-state index in [4.69, 9.17) is 0 Å². The number of rotatable bonds is 6. The van der Waals surface area contributed by atoms with Gasteiger partial charge < -0.3 is 20.0 Å². The predicted molar refractivity (Wildman–Crippen MR) is 118 cm³/mol. The fourth-order valence-corrected chi connectivity index (χ4v) is 3.48. The second-order valence-electron chi connectivity index (χ2n) is 7.18. The molecule has 1 fully saturated rings. The summed E-state index contributed by atoms with van der Waals surface area (Å²) in [6.45, 7) is 7.17. The third-order valence-corrected chi connectivity index (χ3v) is 5.18.